The minimum Gasteiger partial charge on any atom is -0.480 e. The van der Waals surface area contributed by atoms with Gasteiger partial charge in [-0.25, -0.2) is 4.98 Å². The highest BCUT2D eigenvalue weighted by Gasteiger charge is 2.31. The molecule has 1 aliphatic rings. The van der Waals surface area contributed by atoms with Crippen LogP contribution in [0.5, 0.6) is 0 Å². The number of carbonyl (C=O) groups is 1. The number of hydrogen-bond acceptors (Lipinski definition) is 4. The first-order valence-electron chi connectivity index (χ1n) is 3.05. The highest BCUT2D eigenvalue weighted by atomic mass is 32.2. The zero-order chi connectivity index (χ0) is 7.84. The molecule has 1 aromatic heterocycles. The number of carboxylic acid groups (broad SMARTS) is 1. The minimum atomic E-state index is -0.778. The number of carboxylic acids is 1. The Morgan fingerprint density at radius 2 is 2.64 bits per heavy atom. The Morgan fingerprint density at radius 1 is 1.82 bits per heavy atom. The monoisotopic (exact) mass is 187 g/mol. The molecule has 0 radical (unpaired) electrons. The third kappa shape index (κ3) is 1.04. The number of rotatable bonds is 1. The molecular weight excluding hydrogens is 182 g/mol. The highest BCUT2D eigenvalue weighted by Crippen LogP contribution is 2.42. The number of thioether (sulfide) groups is 1. The van der Waals surface area contributed by atoms with Gasteiger partial charge in [0.25, 0.3) is 0 Å². The van der Waals surface area contributed by atoms with E-state index in [4.69, 9.17) is 5.11 Å². The predicted molar refractivity (Wildman–Crippen MR) is 43.8 cm³/mol. The van der Waals surface area contributed by atoms with Crippen molar-refractivity contribution in [2.75, 3.05) is 0 Å². The molecule has 2 rings (SSSR count). The molecule has 11 heavy (non-hydrogen) atoms. The van der Waals surface area contributed by atoms with Gasteiger partial charge in [-0.1, -0.05) is 0 Å². The molecule has 1 unspecified atom stereocenters. The smallest absolute Gasteiger partial charge is 0.322 e. The Bertz CT molecular complexity index is 297. The van der Waals surface area contributed by atoms with E-state index in [2.05, 4.69) is 4.98 Å². The molecule has 0 aromatic carbocycles. The molecule has 2 heterocycles. The molecule has 0 saturated carbocycles. The van der Waals surface area contributed by atoms with Crippen LogP contribution in [0.4, 0.5) is 0 Å². The molecular formula is C6H5NO2S2. The van der Waals surface area contributed by atoms with Crippen LogP contribution in [0.1, 0.15) is 15.8 Å². The number of fused-ring (bicyclic) bond motifs is 1. The van der Waals surface area contributed by atoms with Crippen LogP contribution in [0.3, 0.4) is 0 Å². The summed E-state index contributed by atoms with van der Waals surface area (Å²) in [4.78, 5) is 15.7. The second kappa shape index (κ2) is 2.49. The summed E-state index contributed by atoms with van der Waals surface area (Å²) in [5.74, 6) is 0.0244. The summed E-state index contributed by atoms with van der Waals surface area (Å²) in [7, 11) is 0. The topological polar surface area (TPSA) is 50.2 Å². The molecule has 1 aromatic rings. The third-order valence-corrected chi connectivity index (χ3v) is 3.77. The molecule has 58 valence electrons. The van der Waals surface area contributed by atoms with Crippen molar-refractivity contribution in [3.05, 3.63) is 16.1 Å². The molecule has 0 fully saturated rings. The first-order valence-corrected chi connectivity index (χ1v) is 4.98. The van der Waals surface area contributed by atoms with Crippen LogP contribution >= 0.6 is 23.1 Å². The van der Waals surface area contributed by atoms with E-state index in [1.165, 1.54) is 23.1 Å². The van der Waals surface area contributed by atoms with Crippen LogP contribution in [0.2, 0.25) is 0 Å². The minimum absolute atomic E-state index is 0.420. The van der Waals surface area contributed by atoms with Crippen LogP contribution in [-0.4, -0.2) is 16.1 Å². The standard InChI is InChI=1S/C6H5NO2S2/c8-6(9)5-4-3(1-10-5)11-2-7-4/h2,5H,1H2,(H,8,9). The SMILES string of the molecule is O=C(O)C1SCc2scnc21. The van der Waals surface area contributed by atoms with E-state index < -0.39 is 11.2 Å². The van der Waals surface area contributed by atoms with Crippen LogP contribution in [0.15, 0.2) is 5.51 Å². The highest BCUT2D eigenvalue weighted by molar-refractivity contribution is 7.99. The maximum atomic E-state index is 10.6. The number of aliphatic carboxylic acids is 1. The Morgan fingerprint density at radius 3 is 3.36 bits per heavy atom. The first kappa shape index (κ1) is 7.12. The average Bonchev–Trinajstić information content (AvgIpc) is 2.41. The van der Waals surface area contributed by atoms with Crippen LogP contribution in [-0.2, 0) is 10.5 Å². The Kier molecular flexibility index (Phi) is 1.61. The number of nitrogens with zero attached hydrogens (tertiary/aromatic N) is 1. The molecule has 1 aliphatic heterocycles. The lowest BCUT2D eigenvalue weighted by Gasteiger charge is -1.98. The van der Waals surface area contributed by atoms with Gasteiger partial charge in [0.2, 0.25) is 0 Å². The van der Waals surface area contributed by atoms with Crippen molar-refractivity contribution in [3.63, 3.8) is 0 Å². The van der Waals surface area contributed by atoms with Crippen LogP contribution < -0.4 is 0 Å². The van der Waals surface area contributed by atoms with Crippen LogP contribution in [0.25, 0.3) is 0 Å². The molecule has 0 spiro atoms. The molecule has 1 N–H and O–H groups in total. The van der Waals surface area contributed by atoms with E-state index in [0.29, 0.717) is 0 Å². The van der Waals surface area contributed by atoms with Crippen molar-refractivity contribution in [1.29, 1.82) is 0 Å². The van der Waals surface area contributed by atoms with Gasteiger partial charge < -0.3 is 5.11 Å². The maximum Gasteiger partial charge on any atom is 0.322 e. The van der Waals surface area contributed by atoms with Gasteiger partial charge in [0, 0.05) is 10.6 Å². The largest absolute Gasteiger partial charge is 0.480 e. The van der Waals surface area contributed by atoms with Crippen molar-refractivity contribution >= 4 is 29.1 Å². The summed E-state index contributed by atoms with van der Waals surface area (Å²) in [6.45, 7) is 0. The Labute approximate surface area is 71.5 Å². The fourth-order valence-corrected chi connectivity index (χ4v) is 3.13. The molecule has 0 saturated heterocycles. The quantitative estimate of drug-likeness (QED) is 0.724. The lowest BCUT2D eigenvalue weighted by Crippen LogP contribution is -2.04. The van der Waals surface area contributed by atoms with Crippen molar-refractivity contribution in [2.45, 2.75) is 11.0 Å². The van der Waals surface area contributed by atoms with Gasteiger partial charge in [0.15, 0.2) is 0 Å². The predicted octanol–water partition coefficient (Wildman–Crippen LogP) is 1.52. The van der Waals surface area contributed by atoms with Crippen LogP contribution in [0, 0.1) is 0 Å². The van der Waals surface area contributed by atoms with Gasteiger partial charge in [0.1, 0.15) is 5.25 Å². The van der Waals surface area contributed by atoms with Gasteiger partial charge in [-0.15, -0.1) is 23.1 Å². The molecule has 5 heteroatoms. The van der Waals surface area contributed by atoms with E-state index in [9.17, 15) is 4.79 Å². The molecule has 3 nitrogen and oxygen atoms in total. The molecule has 0 bridgehead atoms. The van der Waals surface area contributed by atoms with E-state index in [0.717, 1.165) is 16.3 Å². The van der Waals surface area contributed by atoms with Gasteiger partial charge >= 0.3 is 5.97 Å². The summed E-state index contributed by atoms with van der Waals surface area (Å²) >= 11 is 2.97. The third-order valence-electron chi connectivity index (χ3n) is 1.53. The molecule has 0 aliphatic carbocycles. The van der Waals surface area contributed by atoms with Crippen molar-refractivity contribution in [1.82, 2.24) is 4.98 Å². The number of hydrogen-bond donors (Lipinski definition) is 1. The summed E-state index contributed by atoms with van der Waals surface area (Å²) in [5.41, 5.74) is 2.47. The summed E-state index contributed by atoms with van der Waals surface area (Å²) in [6.07, 6.45) is 0. The summed E-state index contributed by atoms with van der Waals surface area (Å²) in [5, 5.41) is 8.30. The van der Waals surface area contributed by atoms with Gasteiger partial charge in [0.05, 0.1) is 11.2 Å². The maximum absolute atomic E-state index is 10.6. The van der Waals surface area contributed by atoms with Crippen molar-refractivity contribution in [2.24, 2.45) is 0 Å². The molecule has 1 atom stereocenters. The normalized spacial score (nSPS) is 21.6. The summed E-state index contributed by atoms with van der Waals surface area (Å²) in [6, 6.07) is 0. The Balaban J connectivity index is 2.38. The lowest BCUT2D eigenvalue weighted by molar-refractivity contribution is -0.136. The fourth-order valence-electron chi connectivity index (χ4n) is 1.03. The van der Waals surface area contributed by atoms with E-state index >= 15 is 0 Å². The van der Waals surface area contributed by atoms with Gasteiger partial charge in [-0.05, 0) is 0 Å². The van der Waals surface area contributed by atoms with E-state index in [1.54, 1.807) is 5.51 Å². The zero-order valence-electron chi connectivity index (χ0n) is 5.48. The lowest BCUT2D eigenvalue weighted by atomic mass is 10.3. The number of thiazole rings is 1. The fraction of sp³-hybridized carbons (Fsp3) is 0.333. The van der Waals surface area contributed by atoms with E-state index in [1.807, 2.05) is 0 Å². The van der Waals surface area contributed by atoms with Crippen molar-refractivity contribution < 1.29 is 9.90 Å². The number of aromatic nitrogens is 1. The zero-order valence-corrected chi connectivity index (χ0v) is 7.11. The van der Waals surface area contributed by atoms with Crippen molar-refractivity contribution in [3.8, 4) is 0 Å². The molecule has 0 amide bonds. The second-order valence-electron chi connectivity index (χ2n) is 2.19. The first-order chi connectivity index (χ1) is 5.29. The van der Waals surface area contributed by atoms with Gasteiger partial charge in [-0.2, -0.15) is 0 Å². The Hall–Kier alpha value is -0.550. The van der Waals surface area contributed by atoms with E-state index in [-0.39, 0.29) is 0 Å². The summed E-state index contributed by atoms with van der Waals surface area (Å²) < 4.78 is 0. The average molecular weight is 187 g/mol. The van der Waals surface area contributed by atoms with Gasteiger partial charge in [-0.3, -0.25) is 4.79 Å². The second-order valence-corrected chi connectivity index (χ2v) is 4.22.